The van der Waals surface area contributed by atoms with Gasteiger partial charge < -0.3 is 10.1 Å². The molecule has 0 spiro atoms. The Hall–Kier alpha value is -1.48. The van der Waals surface area contributed by atoms with Crippen LogP contribution in [0.5, 0.6) is 5.75 Å². The third kappa shape index (κ3) is 1.91. The van der Waals surface area contributed by atoms with Crippen molar-refractivity contribution in [3.8, 4) is 5.75 Å². The van der Waals surface area contributed by atoms with Crippen molar-refractivity contribution in [2.75, 3.05) is 19.0 Å². The van der Waals surface area contributed by atoms with Crippen molar-refractivity contribution in [1.29, 1.82) is 0 Å². The number of hydrogen-bond acceptors (Lipinski definition) is 3. The summed E-state index contributed by atoms with van der Waals surface area (Å²) in [7, 11) is 1.72. The van der Waals surface area contributed by atoms with E-state index in [-0.39, 0.29) is 0 Å². The third-order valence-corrected chi connectivity index (χ3v) is 4.30. The van der Waals surface area contributed by atoms with Gasteiger partial charge >= 0.3 is 0 Å². The molecule has 88 valence electrons. The van der Waals surface area contributed by atoms with Gasteiger partial charge in [-0.3, -0.25) is 0 Å². The molecule has 2 heterocycles. The molecule has 1 aromatic heterocycles. The van der Waals surface area contributed by atoms with Gasteiger partial charge in [-0.1, -0.05) is 18.2 Å². The van der Waals surface area contributed by atoms with Gasteiger partial charge in [0.05, 0.1) is 12.8 Å². The molecule has 3 rings (SSSR count). The van der Waals surface area contributed by atoms with E-state index in [1.807, 2.05) is 17.4 Å². The maximum absolute atomic E-state index is 5.38. The summed E-state index contributed by atoms with van der Waals surface area (Å²) in [6, 6.07) is 10.6. The summed E-state index contributed by atoms with van der Waals surface area (Å²) in [5.41, 5.74) is 2.52. The van der Waals surface area contributed by atoms with Crippen LogP contribution in [0, 0.1) is 0 Å². The van der Waals surface area contributed by atoms with Gasteiger partial charge in [-0.15, -0.1) is 11.3 Å². The summed E-state index contributed by atoms with van der Waals surface area (Å²) in [4.78, 5) is 1.46. The Morgan fingerprint density at radius 1 is 1.29 bits per heavy atom. The molecular weight excluding hydrogens is 230 g/mol. The molecule has 1 atom stereocenters. The topological polar surface area (TPSA) is 21.3 Å². The first-order chi connectivity index (χ1) is 8.38. The van der Waals surface area contributed by atoms with Crippen molar-refractivity contribution in [2.24, 2.45) is 0 Å². The van der Waals surface area contributed by atoms with Crippen LogP contribution in [-0.4, -0.2) is 13.7 Å². The fourth-order valence-electron chi connectivity index (χ4n) is 2.41. The number of methoxy groups -OCH3 is 1. The second-order valence-electron chi connectivity index (χ2n) is 4.29. The minimum Gasteiger partial charge on any atom is -0.495 e. The summed E-state index contributed by atoms with van der Waals surface area (Å²) in [5, 5.41) is 5.65. The number of nitrogens with one attached hydrogen (secondary N) is 1. The maximum atomic E-state index is 5.38. The minimum absolute atomic E-state index is 0.592. The van der Waals surface area contributed by atoms with Crippen molar-refractivity contribution in [3.05, 3.63) is 46.2 Å². The molecule has 17 heavy (non-hydrogen) atoms. The van der Waals surface area contributed by atoms with Crippen molar-refractivity contribution in [2.45, 2.75) is 12.3 Å². The zero-order valence-electron chi connectivity index (χ0n) is 9.77. The molecule has 2 aromatic rings. The average molecular weight is 245 g/mol. The van der Waals surface area contributed by atoms with E-state index in [0.29, 0.717) is 5.92 Å². The monoisotopic (exact) mass is 245 g/mol. The first kappa shape index (κ1) is 10.7. The highest BCUT2D eigenvalue weighted by molar-refractivity contribution is 7.10. The van der Waals surface area contributed by atoms with E-state index >= 15 is 0 Å². The van der Waals surface area contributed by atoms with E-state index in [4.69, 9.17) is 4.74 Å². The van der Waals surface area contributed by atoms with Gasteiger partial charge in [0, 0.05) is 17.3 Å². The lowest BCUT2D eigenvalue weighted by molar-refractivity contribution is 0.415. The fraction of sp³-hybridized carbons (Fsp3) is 0.286. The van der Waals surface area contributed by atoms with Crippen LogP contribution in [0.15, 0.2) is 35.7 Å². The summed E-state index contributed by atoms with van der Waals surface area (Å²) in [6.45, 7) is 0.994. The molecule has 1 aliphatic rings. The molecule has 1 N–H and O–H groups in total. The molecule has 0 amide bonds. The van der Waals surface area contributed by atoms with Gasteiger partial charge in [-0.25, -0.2) is 0 Å². The second kappa shape index (κ2) is 4.41. The van der Waals surface area contributed by atoms with Crippen LogP contribution < -0.4 is 10.1 Å². The number of anilines is 1. The zero-order chi connectivity index (χ0) is 11.7. The number of hydrogen-bond donors (Lipinski definition) is 1. The first-order valence-corrected chi connectivity index (χ1v) is 6.69. The smallest absolute Gasteiger partial charge is 0.142 e. The van der Waals surface area contributed by atoms with E-state index in [0.717, 1.165) is 18.7 Å². The third-order valence-electron chi connectivity index (χ3n) is 3.27. The summed E-state index contributed by atoms with van der Waals surface area (Å²) < 4.78 is 5.38. The van der Waals surface area contributed by atoms with Gasteiger partial charge in [0.15, 0.2) is 0 Å². The van der Waals surface area contributed by atoms with Crippen LogP contribution in [0.4, 0.5) is 5.69 Å². The molecule has 0 bridgehead atoms. The SMILES string of the molecule is COc1cccc2c1NCC(c1cccs1)C2. The average Bonchev–Trinajstić information content (AvgIpc) is 2.91. The van der Waals surface area contributed by atoms with Crippen LogP contribution in [-0.2, 0) is 6.42 Å². The van der Waals surface area contributed by atoms with Gasteiger partial charge in [0.25, 0.3) is 0 Å². The quantitative estimate of drug-likeness (QED) is 0.874. The van der Waals surface area contributed by atoms with Crippen LogP contribution in [0.2, 0.25) is 0 Å². The lowest BCUT2D eigenvalue weighted by atomic mass is 9.92. The Labute approximate surface area is 105 Å². The number of thiophene rings is 1. The highest BCUT2D eigenvalue weighted by Gasteiger charge is 2.22. The zero-order valence-corrected chi connectivity index (χ0v) is 10.6. The van der Waals surface area contributed by atoms with Gasteiger partial charge in [-0.05, 0) is 29.5 Å². The number of fused-ring (bicyclic) bond motifs is 1. The van der Waals surface area contributed by atoms with E-state index in [1.54, 1.807) is 7.11 Å². The van der Waals surface area contributed by atoms with E-state index in [2.05, 4.69) is 35.0 Å². The Morgan fingerprint density at radius 3 is 3.00 bits per heavy atom. The Balaban J connectivity index is 1.91. The minimum atomic E-state index is 0.592. The molecule has 0 saturated heterocycles. The Kier molecular flexibility index (Phi) is 2.77. The van der Waals surface area contributed by atoms with Gasteiger partial charge in [0.1, 0.15) is 5.75 Å². The molecule has 0 aliphatic carbocycles. The van der Waals surface area contributed by atoms with E-state index < -0.39 is 0 Å². The van der Waals surface area contributed by atoms with Crippen molar-refractivity contribution >= 4 is 17.0 Å². The normalized spacial score (nSPS) is 18.3. The van der Waals surface area contributed by atoms with Gasteiger partial charge in [0.2, 0.25) is 0 Å². The lowest BCUT2D eigenvalue weighted by Crippen LogP contribution is -2.21. The lowest BCUT2D eigenvalue weighted by Gasteiger charge is -2.26. The van der Waals surface area contributed by atoms with Crippen LogP contribution in [0.3, 0.4) is 0 Å². The van der Waals surface area contributed by atoms with Crippen LogP contribution in [0.1, 0.15) is 16.4 Å². The molecule has 2 nitrogen and oxygen atoms in total. The Morgan fingerprint density at radius 2 is 2.24 bits per heavy atom. The standard InChI is InChI=1S/C14H15NOS/c1-16-12-5-2-4-10-8-11(9-15-14(10)12)13-6-3-7-17-13/h2-7,11,15H,8-9H2,1H3. The highest BCUT2D eigenvalue weighted by atomic mass is 32.1. The van der Waals surface area contributed by atoms with E-state index in [1.165, 1.54) is 16.1 Å². The molecule has 0 radical (unpaired) electrons. The van der Waals surface area contributed by atoms with Crippen LogP contribution >= 0.6 is 11.3 Å². The first-order valence-electron chi connectivity index (χ1n) is 5.81. The fourth-order valence-corrected chi connectivity index (χ4v) is 3.24. The Bertz CT molecular complexity index is 507. The highest BCUT2D eigenvalue weighted by Crippen LogP contribution is 2.37. The van der Waals surface area contributed by atoms with Crippen molar-refractivity contribution in [3.63, 3.8) is 0 Å². The van der Waals surface area contributed by atoms with Crippen LogP contribution in [0.25, 0.3) is 0 Å². The summed E-state index contributed by atoms with van der Waals surface area (Å²) >= 11 is 1.84. The molecule has 1 aromatic carbocycles. The number of benzene rings is 1. The van der Waals surface area contributed by atoms with Gasteiger partial charge in [-0.2, -0.15) is 0 Å². The summed E-state index contributed by atoms with van der Waals surface area (Å²) in [6.07, 6.45) is 1.10. The number of ether oxygens (including phenoxy) is 1. The summed E-state index contributed by atoms with van der Waals surface area (Å²) in [5.74, 6) is 1.54. The number of para-hydroxylation sites is 1. The molecular formula is C14H15NOS. The predicted molar refractivity (Wildman–Crippen MR) is 72.2 cm³/mol. The molecule has 1 unspecified atom stereocenters. The molecule has 0 saturated carbocycles. The maximum Gasteiger partial charge on any atom is 0.142 e. The largest absolute Gasteiger partial charge is 0.495 e. The number of rotatable bonds is 2. The second-order valence-corrected chi connectivity index (χ2v) is 5.27. The van der Waals surface area contributed by atoms with Crippen molar-refractivity contribution < 1.29 is 4.74 Å². The predicted octanol–water partition coefficient (Wildman–Crippen LogP) is 3.51. The van der Waals surface area contributed by atoms with E-state index in [9.17, 15) is 0 Å². The molecule has 3 heteroatoms. The molecule has 0 fully saturated rings. The van der Waals surface area contributed by atoms with Crippen molar-refractivity contribution in [1.82, 2.24) is 0 Å². The molecule has 1 aliphatic heterocycles.